The first-order chi connectivity index (χ1) is 17.6. The number of nitrogens with one attached hydrogen (secondary N) is 3. The minimum Gasteiger partial charge on any atom is -0.335 e. The van der Waals surface area contributed by atoms with Crippen LogP contribution in [0.1, 0.15) is 13.8 Å². The predicted molar refractivity (Wildman–Crippen MR) is 137 cm³/mol. The monoisotopic (exact) mass is 475 g/mol. The van der Waals surface area contributed by atoms with E-state index in [4.69, 9.17) is 9.97 Å². The SMILES string of the molecule is CC(C)C(=O)Nc1cncc(-c2ccc3[nH]nc(-c4nc5c(-c6cccnc6)cncc5[nH]4)c3n2)c1. The number of imidazole rings is 1. The van der Waals surface area contributed by atoms with E-state index in [2.05, 4.69) is 35.5 Å². The number of pyridine rings is 4. The van der Waals surface area contributed by atoms with E-state index in [1.807, 2.05) is 44.2 Å². The first-order valence-corrected chi connectivity index (χ1v) is 11.4. The molecule has 0 radical (unpaired) electrons. The fourth-order valence-electron chi connectivity index (χ4n) is 3.94. The molecule has 0 fully saturated rings. The molecular weight excluding hydrogens is 454 g/mol. The van der Waals surface area contributed by atoms with E-state index < -0.39 is 0 Å². The zero-order chi connectivity index (χ0) is 24.6. The first-order valence-electron chi connectivity index (χ1n) is 11.4. The van der Waals surface area contributed by atoms with Gasteiger partial charge in [0, 0.05) is 47.4 Å². The molecule has 3 N–H and O–H groups in total. The molecule has 6 heterocycles. The Balaban J connectivity index is 1.41. The van der Waals surface area contributed by atoms with Gasteiger partial charge in [0.1, 0.15) is 11.0 Å². The Morgan fingerprint density at radius 2 is 1.75 bits per heavy atom. The molecule has 0 saturated carbocycles. The lowest BCUT2D eigenvalue weighted by Gasteiger charge is -2.08. The molecule has 176 valence electrons. The van der Waals surface area contributed by atoms with Gasteiger partial charge >= 0.3 is 0 Å². The molecule has 6 rings (SSSR count). The molecule has 36 heavy (non-hydrogen) atoms. The summed E-state index contributed by atoms with van der Waals surface area (Å²) in [5, 5.41) is 10.4. The number of hydrogen-bond acceptors (Lipinski definition) is 7. The molecule has 10 heteroatoms. The standard InChI is InChI=1S/C26H21N9O/c1-14(2)26(36)30-17-8-16(10-28-11-17)19-5-6-20-23(31-19)24(35-34-20)25-32-21-13-29-12-18(22(21)33-25)15-4-3-7-27-9-15/h3-14H,1-2H3,(H,30,36)(H,32,33)(H,34,35). The van der Waals surface area contributed by atoms with Crippen LogP contribution in [0.15, 0.2) is 67.5 Å². The molecule has 0 unspecified atom stereocenters. The Morgan fingerprint density at radius 3 is 2.58 bits per heavy atom. The minimum atomic E-state index is -0.130. The van der Waals surface area contributed by atoms with Crippen LogP contribution in [-0.2, 0) is 4.79 Å². The third-order valence-corrected chi connectivity index (χ3v) is 5.82. The number of aromatic nitrogens is 8. The summed E-state index contributed by atoms with van der Waals surface area (Å²) >= 11 is 0. The summed E-state index contributed by atoms with van der Waals surface area (Å²) in [6.07, 6.45) is 10.4. The minimum absolute atomic E-state index is 0.0699. The van der Waals surface area contributed by atoms with Gasteiger partial charge in [-0.05, 0) is 24.3 Å². The van der Waals surface area contributed by atoms with E-state index in [0.717, 1.165) is 33.2 Å². The molecule has 0 aromatic carbocycles. The molecule has 0 atom stereocenters. The van der Waals surface area contributed by atoms with Crippen LogP contribution >= 0.6 is 0 Å². The van der Waals surface area contributed by atoms with Crippen molar-refractivity contribution in [3.63, 3.8) is 0 Å². The van der Waals surface area contributed by atoms with Crippen LogP contribution in [0, 0.1) is 5.92 Å². The topological polar surface area (TPSA) is 138 Å². The smallest absolute Gasteiger partial charge is 0.226 e. The molecule has 1 amide bonds. The zero-order valence-electron chi connectivity index (χ0n) is 19.5. The molecule has 0 bridgehead atoms. The van der Waals surface area contributed by atoms with Gasteiger partial charge in [0.2, 0.25) is 5.91 Å². The lowest BCUT2D eigenvalue weighted by atomic mass is 10.1. The number of H-pyrrole nitrogens is 2. The van der Waals surface area contributed by atoms with Crippen molar-refractivity contribution in [2.45, 2.75) is 13.8 Å². The van der Waals surface area contributed by atoms with Crippen molar-refractivity contribution in [3.05, 3.63) is 67.5 Å². The summed E-state index contributed by atoms with van der Waals surface area (Å²) in [5.41, 5.74) is 7.50. The molecule has 0 aliphatic heterocycles. The Hall–Kier alpha value is -4.99. The average Bonchev–Trinajstić information content (AvgIpc) is 3.53. The average molecular weight is 476 g/mol. The number of aromatic amines is 2. The summed E-state index contributed by atoms with van der Waals surface area (Å²) in [6, 6.07) is 9.51. The fourth-order valence-corrected chi connectivity index (χ4v) is 3.94. The van der Waals surface area contributed by atoms with Gasteiger partial charge in [-0.15, -0.1) is 0 Å². The van der Waals surface area contributed by atoms with Gasteiger partial charge in [0.25, 0.3) is 0 Å². The van der Waals surface area contributed by atoms with Crippen molar-refractivity contribution in [2.24, 2.45) is 5.92 Å². The highest BCUT2D eigenvalue weighted by atomic mass is 16.1. The maximum atomic E-state index is 12.1. The van der Waals surface area contributed by atoms with Gasteiger partial charge in [-0.25, -0.2) is 9.97 Å². The van der Waals surface area contributed by atoms with E-state index in [0.29, 0.717) is 28.4 Å². The van der Waals surface area contributed by atoms with Gasteiger partial charge < -0.3 is 10.3 Å². The Kier molecular flexibility index (Phi) is 5.18. The molecule has 6 aromatic rings. The van der Waals surface area contributed by atoms with Crippen LogP contribution in [0.25, 0.3) is 56.0 Å². The van der Waals surface area contributed by atoms with E-state index in [9.17, 15) is 4.79 Å². The highest BCUT2D eigenvalue weighted by Crippen LogP contribution is 2.31. The van der Waals surface area contributed by atoms with Crippen molar-refractivity contribution < 1.29 is 4.79 Å². The Labute approximate surface area is 205 Å². The number of carbonyl (C=O) groups excluding carboxylic acids is 1. The van der Waals surface area contributed by atoms with Crippen molar-refractivity contribution >= 4 is 33.7 Å². The summed E-state index contributed by atoms with van der Waals surface area (Å²) in [5.74, 6) is 0.379. The normalized spacial score (nSPS) is 11.4. The van der Waals surface area contributed by atoms with Crippen LogP contribution in [0.5, 0.6) is 0 Å². The Bertz CT molecular complexity index is 1720. The van der Waals surface area contributed by atoms with E-state index in [-0.39, 0.29) is 11.8 Å². The van der Waals surface area contributed by atoms with Gasteiger partial charge in [0.05, 0.1) is 34.8 Å². The highest BCUT2D eigenvalue weighted by Gasteiger charge is 2.17. The Morgan fingerprint density at radius 1 is 0.889 bits per heavy atom. The third kappa shape index (κ3) is 3.84. The van der Waals surface area contributed by atoms with Gasteiger partial charge in [-0.2, -0.15) is 5.10 Å². The van der Waals surface area contributed by atoms with Crippen LogP contribution in [-0.4, -0.2) is 46.0 Å². The largest absolute Gasteiger partial charge is 0.335 e. The van der Waals surface area contributed by atoms with Crippen molar-refractivity contribution in [1.29, 1.82) is 0 Å². The molecule has 0 spiro atoms. The molecule has 10 nitrogen and oxygen atoms in total. The van der Waals surface area contributed by atoms with Gasteiger partial charge in [0.15, 0.2) is 11.5 Å². The molecule has 0 saturated heterocycles. The fraction of sp³-hybridized carbons (Fsp3) is 0.115. The first kappa shape index (κ1) is 21.5. The lowest BCUT2D eigenvalue weighted by molar-refractivity contribution is -0.118. The number of carbonyl (C=O) groups is 1. The summed E-state index contributed by atoms with van der Waals surface area (Å²) in [4.78, 5) is 38.0. The van der Waals surface area contributed by atoms with Crippen molar-refractivity contribution in [2.75, 3.05) is 5.32 Å². The number of fused-ring (bicyclic) bond motifs is 2. The maximum absolute atomic E-state index is 12.1. The van der Waals surface area contributed by atoms with Crippen LogP contribution < -0.4 is 5.32 Å². The number of rotatable bonds is 5. The summed E-state index contributed by atoms with van der Waals surface area (Å²) in [7, 11) is 0. The lowest BCUT2D eigenvalue weighted by Crippen LogP contribution is -2.17. The zero-order valence-corrected chi connectivity index (χ0v) is 19.5. The van der Waals surface area contributed by atoms with Crippen LogP contribution in [0.3, 0.4) is 0 Å². The van der Waals surface area contributed by atoms with Gasteiger partial charge in [-0.3, -0.25) is 24.8 Å². The molecule has 0 aliphatic carbocycles. The number of hydrogen-bond donors (Lipinski definition) is 3. The summed E-state index contributed by atoms with van der Waals surface area (Å²) < 4.78 is 0. The second-order valence-electron chi connectivity index (χ2n) is 8.68. The highest BCUT2D eigenvalue weighted by molar-refractivity contribution is 5.96. The van der Waals surface area contributed by atoms with Crippen LogP contribution in [0.4, 0.5) is 5.69 Å². The third-order valence-electron chi connectivity index (χ3n) is 5.82. The molecule has 6 aromatic heterocycles. The van der Waals surface area contributed by atoms with Crippen molar-refractivity contribution in [1.82, 2.24) is 40.1 Å². The quantitative estimate of drug-likeness (QED) is 0.331. The predicted octanol–water partition coefficient (Wildman–Crippen LogP) is 4.61. The van der Waals surface area contributed by atoms with Crippen molar-refractivity contribution in [3.8, 4) is 33.9 Å². The second kappa shape index (κ2) is 8.66. The number of amides is 1. The molecular formula is C26H21N9O. The maximum Gasteiger partial charge on any atom is 0.226 e. The van der Waals surface area contributed by atoms with E-state index in [1.54, 1.807) is 37.2 Å². The van der Waals surface area contributed by atoms with E-state index >= 15 is 0 Å². The summed E-state index contributed by atoms with van der Waals surface area (Å²) in [6.45, 7) is 3.69. The number of anilines is 1. The van der Waals surface area contributed by atoms with Gasteiger partial charge in [-0.1, -0.05) is 19.9 Å². The molecule has 0 aliphatic rings. The van der Waals surface area contributed by atoms with E-state index in [1.165, 1.54) is 0 Å². The number of nitrogens with zero attached hydrogens (tertiary/aromatic N) is 6. The second-order valence-corrected chi connectivity index (χ2v) is 8.68. The van der Waals surface area contributed by atoms with Crippen LogP contribution in [0.2, 0.25) is 0 Å².